The molecule has 0 aliphatic carbocycles. The number of aliphatic hydroxyl groups excluding tert-OH is 1. The molecule has 1 aliphatic heterocycles. The van der Waals surface area contributed by atoms with Crippen LogP contribution in [0.5, 0.6) is 23.0 Å². The van der Waals surface area contributed by atoms with Crippen LogP contribution in [0.15, 0.2) is 66.7 Å². The molecule has 1 aliphatic rings. The molecule has 0 unspecified atom stereocenters. The highest BCUT2D eigenvalue weighted by Gasteiger charge is 2.40. The van der Waals surface area contributed by atoms with Crippen molar-refractivity contribution in [1.29, 1.82) is 0 Å². The Labute approximate surface area is 437 Å². The maximum atomic E-state index is 14.3. The minimum atomic E-state index is -2.73. The number of carboxylic acid groups (broad SMARTS) is 1. The van der Waals surface area contributed by atoms with E-state index in [-0.39, 0.29) is 66.6 Å². The minimum absolute atomic E-state index is 0.0511. The maximum absolute atomic E-state index is 14.3. The average Bonchev–Trinajstić information content (AvgIpc) is 3.35. The molecular formula is C51H66N8O17. The number of aliphatic carboxylic acids is 1. The normalized spacial score (nSPS) is 18.2. The van der Waals surface area contributed by atoms with Gasteiger partial charge in [-0.1, -0.05) is 58.0 Å². The predicted octanol–water partition coefficient (Wildman–Crippen LogP) is -1.54. The Hall–Kier alpha value is -8.48. The number of benzene rings is 3. The van der Waals surface area contributed by atoms with E-state index in [9.17, 15) is 73.5 Å². The lowest BCUT2D eigenvalue weighted by molar-refractivity contribution is -0.153. The van der Waals surface area contributed by atoms with Crippen LogP contribution in [0.2, 0.25) is 0 Å². The molecular weight excluding hydrogens is 997 g/mol. The van der Waals surface area contributed by atoms with Crippen molar-refractivity contribution < 1.29 is 83.0 Å². The molecule has 1 saturated heterocycles. The van der Waals surface area contributed by atoms with E-state index in [4.69, 9.17) is 9.47 Å². The Balaban J connectivity index is 1.66. The zero-order valence-electron chi connectivity index (χ0n) is 42.7. The summed E-state index contributed by atoms with van der Waals surface area (Å²) >= 11 is 0. The molecule has 0 bridgehead atoms. The highest BCUT2D eigenvalue weighted by molar-refractivity contribution is 5.99. The summed E-state index contributed by atoms with van der Waals surface area (Å²) in [5, 5.41) is 70.0. The molecule has 8 amide bonds. The van der Waals surface area contributed by atoms with Crippen molar-refractivity contribution in [2.24, 2.45) is 11.8 Å². The number of hydrogen-bond donors (Lipinski definition) is 13. The molecule has 0 radical (unpaired) electrons. The Morgan fingerprint density at radius 3 is 1.72 bits per heavy atom. The zero-order chi connectivity index (χ0) is 56.4. The summed E-state index contributed by atoms with van der Waals surface area (Å²) in [6.45, 7) is 6.28. The fraction of sp³-hybridized carbons (Fsp3) is 0.451. The van der Waals surface area contributed by atoms with Gasteiger partial charge in [0.15, 0.2) is 6.10 Å². The van der Waals surface area contributed by atoms with E-state index in [0.29, 0.717) is 11.1 Å². The van der Waals surface area contributed by atoms with Crippen LogP contribution >= 0.6 is 0 Å². The summed E-state index contributed by atoms with van der Waals surface area (Å²) in [6.07, 6.45) is -3.49. The van der Waals surface area contributed by atoms with Gasteiger partial charge in [0, 0.05) is 32.3 Å². The molecule has 1 heterocycles. The van der Waals surface area contributed by atoms with E-state index in [2.05, 4.69) is 42.5 Å². The first-order valence-electron chi connectivity index (χ1n) is 24.2. The number of esters is 1. The summed E-state index contributed by atoms with van der Waals surface area (Å²) in [7, 11) is 1.29. The number of amides is 8. The Bertz CT molecular complexity index is 2580. The summed E-state index contributed by atoms with van der Waals surface area (Å²) in [5.74, 6) is -12.0. The molecule has 25 heteroatoms. The van der Waals surface area contributed by atoms with Gasteiger partial charge in [0.2, 0.25) is 47.3 Å². The van der Waals surface area contributed by atoms with Crippen LogP contribution < -0.4 is 47.3 Å². The van der Waals surface area contributed by atoms with Gasteiger partial charge in [0.1, 0.15) is 78.4 Å². The number of phenols is 3. The molecule has 0 saturated carbocycles. The molecule has 13 N–H and O–H groups in total. The zero-order valence-corrected chi connectivity index (χ0v) is 42.7. The predicted molar refractivity (Wildman–Crippen MR) is 268 cm³/mol. The number of hydrogen-bond acceptors (Lipinski definition) is 16. The van der Waals surface area contributed by atoms with Crippen LogP contribution in [0.4, 0.5) is 0 Å². The standard InChI is InChI=1S/C51H66N8O17/c1-25(2)17-34-44(66)52-23-41(64)76-24-39(49(71)57-38(47(69)54-34)21-30-11-16-33(63)22-40(30)75-6)58-50(72)42(43(65)51(73)74)59-48(70)35(18-26(3)4)55-46(68)37(20-29-9-14-32(62)15-10-29)56-45(67)36(53-27(5)60)19-28-7-12-31(61)13-8-28/h7-16,22,25-26,34-39,42-43,61-63,65H,17-21,23-24H2,1-6H3,(H,52,66)(H,53,60)(H,54,69)(H,55,68)(H,56,67)(H,57,71)(H,58,72)(H,59,70)(H,73,74)/t34-,35-,36-,37+,38+,39-,42-,43+/m0/s1. The number of cyclic esters (lactones) is 1. The lowest BCUT2D eigenvalue weighted by Gasteiger charge is -2.29. The summed E-state index contributed by atoms with van der Waals surface area (Å²) in [5.41, 5.74) is 1.23. The van der Waals surface area contributed by atoms with Crippen LogP contribution in [-0.4, -0.2) is 153 Å². The van der Waals surface area contributed by atoms with Gasteiger partial charge in [0.05, 0.1) is 7.11 Å². The quantitative estimate of drug-likeness (QED) is 0.0507. The van der Waals surface area contributed by atoms with Crippen molar-refractivity contribution in [2.45, 2.75) is 115 Å². The molecule has 8 atom stereocenters. The van der Waals surface area contributed by atoms with Crippen LogP contribution in [0, 0.1) is 11.8 Å². The molecule has 412 valence electrons. The smallest absolute Gasteiger partial charge is 0.335 e. The molecule has 25 nitrogen and oxygen atoms in total. The maximum Gasteiger partial charge on any atom is 0.335 e. The first kappa shape index (κ1) is 60.1. The topological polar surface area (TPSA) is 387 Å². The summed E-state index contributed by atoms with van der Waals surface area (Å²) in [6, 6.07) is 3.74. The van der Waals surface area contributed by atoms with E-state index in [1.807, 2.05) is 0 Å². The van der Waals surface area contributed by atoms with E-state index in [1.54, 1.807) is 27.7 Å². The Morgan fingerprint density at radius 1 is 0.671 bits per heavy atom. The molecule has 4 rings (SSSR count). The van der Waals surface area contributed by atoms with Crippen molar-refractivity contribution >= 4 is 59.2 Å². The van der Waals surface area contributed by atoms with Gasteiger partial charge in [-0.2, -0.15) is 0 Å². The second-order valence-corrected chi connectivity index (χ2v) is 18.9. The van der Waals surface area contributed by atoms with E-state index in [1.165, 1.54) is 80.8 Å². The summed E-state index contributed by atoms with van der Waals surface area (Å²) in [4.78, 5) is 136. The first-order chi connectivity index (χ1) is 35.8. The Morgan fingerprint density at radius 2 is 1.20 bits per heavy atom. The van der Waals surface area contributed by atoms with Gasteiger partial charge >= 0.3 is 11.9 Å². The second kappa shape index (κ2) is 28.3. The third-order valence-corrected chi connectivity index (χ3v) is 11.7. The number of carbonyl (C=O) groups is 10. The third-order valence-electron chi connectivity index (χ3n) is 11.7. The first-order valence-corrected chi connectivity index (χ1v) is 24.2. The largest absolute Gasteiger partial charge is 0.508 e. The number of rotatable bonds is 22. The lowest BCUT2D eigenvalue weighted by Crippen LogP contribution is -2.63. The minimum Gasteiger partial charge on any atom is -0.508 e. The lowest BCUT2D eigenvalue weighted by atomic mass is 9.99. The van der Waals surface area contributed by atoms with Crippen molar-refractivity contribution in [3.05, 3.63) is 83.4 Å². The monoisotopic (exact) mass is 1060 g/mol. The highest BCUT2D eigenvalue weighted by Crippen LogP contribution is 2.25. The number of carbonyl (C=O) groups excluding carboxylic acids is 9. The van der Waals surface area contributed by atoms with E-state index in [0.717, 1.165) is 0 Å². The van der Waals surface area contributed by atoms with Gasteiger partial charge in [-0.3, -0.25) is 43.2 Å². The van der Waals surface area contributed by atoms with Crippen molar-refractivity contribution in [3.8, 4) is 23.0 Å². The molecule has 0 spiro atoms. The highest BCUT2D eigenvalue weighted by atomic mass is 16.5. The number of aromatic hydroxyl groups is 3. The van der Waals surface area contributed by atoms with Crippen molar-refractivity contribution in [1.82, 2.24) is 42.5 Å². The van der Waals surface area contributed by atoms with Gasteiger partial charge < -0.3 is 77.5 Å². The van der Waals surface area contributed by atoms with E-state index >= 15 is 0 Å². The van der Waals surface area contributed by atoms with Crippen LogP contribution in [0.1, 0.15) is 64.2 Å². The molecule has 76 heavy (non-hydrogen) atoms. The number of carboxylic acids is 1. The number of ether oxygens (including phenoxy) is 2. The van der Waals surface area contributed by atoms with Gasteiger partial charge in [0.25, 0.3) is 0 Å². The number of methoxy groups -OCH3 is 1. The Kier molecular flexibility index (Phi) is 22.3. The van der Waals surface area contributed by atoms with Crippen molar-refractivity contribution in [3.63, 3.8) is 0 Å². The van der Waals surface area contributed by atoms with Crippen LogP contribution in [0.3, 0.4) is 0 Å². The van der Waals surface area contributed by atoms with Crippen molar-refractivity contribution in [2.75, 3.05) is 20.3 Å². The average molecular weight is 1060 g/mol. The van der Waals surface area contributed by atoms with Crippen LogP contribution in [-0.2, 0) is 71.9 Å². The molecule has 3 aromatic carbocycles. The van der Waals surface area contributed by atoms with Gasteiger partial charge in [-0.05, 0) is 71.7 Å². The van der Waals surface area contributed by atoms with E-state index < -0.39 is 127 Å². The van der Waals surface area contributed by atoms with Crippen LogP contribution in [0.25, 0.3) is 0 Å². The molecule has 3 aromatic rings. The SMILES string of the molecule is COc1cc(O)ccc1C[C@H]1NC(=O)[C@@H](NC(=O)[C@@H](NC(=O)[C@H](CC(C)C)NC(=O)[C@@H](Cc2ccc(O)cc2)NC(=O)[C@H](Cc2ccc(O)cc2)NC(C)=O)[C@@H](O)C(=O)O)COC(=O)CNC(=O)[C@H](CC(C)C)NC1=O. The third kappa shape index (κ3) is 18.8. The summed E-state index contributed by atoms with van der Waals surface area (Å²) < 4.78 is 10.6. The fourth-order valence-electron chi connectivity index (χ4n) is 7.86. The molecule has 1 fully saturated rings. The number of aliphatic hydroxyl groups is 1. The van der Waals surface area contributed by atoms with Gasteiger partial charge in [-0.15, -0.1) is 0 Å². The molecule has 0 aromatic heterocycles. The fourth-order valence-corrected chi connectivity index (χ4v) is 7.86. The number of phenolic OH excluding ortho intramolecular Hbond substituents is 3. The van der Waals surface area contributed by atoms with Gasteiger partial charge in [-0.25, -0.2) is 4.79 Å². The second-order valence-electron chi connectivity index (χ2n) is 18.9. The number of nitrogens with one attached hydrogen (secondary N) is 8.